The van der Waals surface area contributed by atoms with Crippen LogP contribution in [0.15, 0.2) is 30.0 Å². The number of carbonyl (C=O) groups excluding carboxylic acids is 1. The van der Waals surface area contributed by atoms with E-state index in [-0.39, 0.29) is 17.5 Å². The van der Waals surface area contributed by atoms with E-state index in [1.165, 1.54) is 12.8 Å². The largest absolute Gasteiger partial charge is 0.494 e. The maximum absolute atomic E-state index is 12.6. The van der Waals surface area contributed by atoms with Crippen molar-refractivity contribution in [2.45, 2.75) is 52.5 Å². The number of nitrogens with zero attached hydrogens (tertiary/aromatic N) is 2. The topological polar surface area (TPSA) is 65.4 Å². The number of benzene rings is 1. The Morgan fingerprint density at radius 1 is 1.35 bits per heavy atom. The summed E-state index contributed by atoms with van der Waals surface area (Å²) in [5.41, 5.74) is 2.18. The quantitative estimate of drug-likeness (QED) is 0.622. The van der Waals surface area contributed by atoms with Gasteiger partial charge in [-0.15, -0.1) is 0 Å². The Balaban J connectivity index is 2.12. The summed E-state index contributed by atoms with van der Waals surface area (Å²) >= 11 is 0. The summed E-state index contributed by atoms with van der Waals surface area (Å²) in [6, 6.07) is 7.74. The summed E-state index contributed by atoms with van der Waals surface area (Å²) in [5, 5.41) is 12.4. The molecule has 1 aromatic rings. The molecule has 5 heteroatoms. The van der Waals surface area contributed by atoms with Crippen LogP contribution >= 0.6 is 0 Å². The Morgan fingerprint density at radius 2 is 2.04 bits per heavy atom. The Labute approximate surface area is 156 Å². The highest BCUT2D eigenvalue weighted by Gasteiger charge is 2.18. The van der Waals surface area contributed by atoms with Crippen LogP contribution in [0.4, 0.5) is 0 Å². The third-order valence-corrected chi connectivity index (χ3v) is 4.60. The minimum atomic E-state index is -0.340. The van der Waals surface area contributed by atoms with Crippen LogP contribution < -0.4 is 10.1 Å². The highest BCUT2D eigenvalue weighted by molar-refractivity contribution is 5.97. The molecule has 26 heavy (non-hydrogen) atoms. The maximum Gasteiger partial charge on any atom is 0.263 e. The van der Waals surface area contributed by atoms with Gasteiger partial charge in [-0.3, -0.25) is 4.79 Å². The molecule has 1 aromatic carbocycles. The van der Waals surface area contributed by atoms with Gasteiger partial charge in [0.15, 0.2) is 0 Å². The summed E-state index contributed by atoms with van der Waals surface area (Å²) in [6.07, 6.45) is 6.35. The third kappa shape index (κ3) is 5.52. The van der Waals surface area contributed by atoms with Crippen LogP contribution in [0.5, 0.6) is 5.75 Å². The van der Waals surface area contributed by atoms with Crippen molar-refractivity contribution in [3.05, 3.63) is 41.1 Å². The van der Waals surface area contributed by atoms with E-state index in [4.69, 9.17) is 4.74 Å². The summed E-state index contributed by atoms with van der Waals surface area (Å²) in [5.74, 6) is 0.425. The summed E-state index contributed by atoms with van der Waals surface area (Å²) in [7, 11) is 0. The Kier molecular flexibility index (Phi) is 7.53. The molecule has 1 saturated heterocycles. The zero-order valence-corrected chi connectivity index (χ0v) is 16.0. The Morgan fingerprint density at radius 3 is 2.65 bits per heavy atom. The van der Waals surface area contributed by atoms with Gasteiger partial charge in [0.1, 0.15) is 17.4 Å². The summed E-state index contributed by atoms with van der Waals surface area (Å²) in [6.45, 7) is 8.23. The van der Waals surface area contributed by atoms with E-state index >= 15 is 0 Å². The van der Waals surface area contributed by atoms with Crippen molar-refractivity contribution in [2.75, 3.05) is 19.7 Å². The molecule has 140 valence electrons. The van der Waals surface area contributed by atoms with Gasteiger partial charge in [-0.1, -0.05) is 30.5 Å². The van der Waals surface area contributed by atoms with Crippen molar-refractivity contribution in [2.24, 2.45) is 0 Å². The summed E-state index contributed by atoms with van der Waals surface area (Å²) < 4.78 is 5.68. The van der Waals surface area contributed by atoms with Crippen molar-refractivity contribution in [3.63, 3.8) is 0 Å². The number of hydrogen-bond acceptors (Lipinski definition) is 4. The summed E-state index contributed by atoms with van der Waals surface area (Å²) in [4.78, 5) is 14.7. The molecule has 2 rings (SSSR count). The van der Waals surface area contributed by atoms with E-state index in [9.17, 15) is 10.1 Å². The molecule has 1 amide bonds. The molecule has 1 N–H and O–H groups in total. The van der Waals surface area contributed by atoms with Crippen LogP contribution in [0.1, 0.15) is 56.7 Å². The van der Waals surface area contributed by atoms with Gasteiger partial charge in [0.25, 0.3) is 5.91 Å². The van der Waals surface area contributed by atoms with Gasteiger partial charge in [-0.2, -0.15) is 5.26 Å². The van der Waals surface area contributed by atoms with Crippen molar-refractivity contribution < 1.29 is 9.53 Å². The molecular formula is C21H29N3O2. The predicted molar refractivity (Wildman–Crippen MR) is 103 cm³/mol. The first-order valence-corrected chi connectivity index (χ1v) is 9.45. The molecule has 1 unspecified atom stereocenters. The van der Waals surface area contributed by atoms with Crippen LogP contribution in [0.3, 0.4) is 0 Å². The molecule has 1 heterocycles. The number of amides is 1. The number of ether oxygens (including phenoxy) is 1. The van der Waals surface area contributed by atoms with Crippen LogP contribution in [0.2, 0.25) is 0 Å². The number of carbonyl (C=O) groups is 1. The van der Waals surface area contributed by atoms with Crippen LogP contribution in [-0.4, -0.2) is 30.5 Å². The lowest BCUT2D eigenvalue weighted by molar-refractivity contribution is -0.117. The normalized spacial score (nSPS) is 16.4. The smallest absolute Gasteiger partial charge is 0.263 e. The van der Waals surface area contributed by atoms with Gasteiger partial charge < -0.3 is 15.0 Å². The van der Waals surface area contributed by atoms with Crippen molar-refractivity contribution >= 4 is 5.91 Å². The average Bonchev–Trinajstić information content (AvgIpc) is 2.89. The number of nitrogens with one attached hydrogen (secondary N) is 1. The minimum absolute atomic E-state index is 0.157. The number of nitriles is 1. The van der Waals surface area contributed by atoms with Gasteiger partial charge in [0, 0.05) is 24.9 Å². The monoisotopic (exact) mass is 355 g/mol. The predicted octanol–water partition coefficient (Wildman–Crippen LogP) is 3.85. The molecule has 0 saturated carbocycles. The van der Waals surface area contributed by atoms with Gasteiger partial charge in [-0.05, 0) is 39.7 Å². The molecule has 1 fully saturated rings. The maximum atomic E-state index is 12.6. The second-order valence-corrected chi connectivity index (χ2v) is 6.77. The second-order valence-electron chi connectivity index (χ2n) is 6.77. The van der Waals surface area contributed by atoms with Gasteiger partial charge >= 0.3 is 0 Å². The fourth-order valence-corrected chi connectivity index (χ4v) is 3.19. The lowest BCUT2D eigenvalue weighted by atomic mass is 10.0. The first-order valence-electron chi connectivity index (χ1n) is 9.45. The van der Waals surface area contributed by atoms with Crippen molar-refractivity contribution in [1.29, 1.82) is 5.26 Å². The van der Waals surface area contributed by atoms with E-state index in [1.54, 1.807) is 6.20 Å². The zero-order chi connectivity index (χ0) is 18.9. The molecule has 0 aromatic heterocycles. The number of hydrogen-bond donors (Lipinski definition) is 1. The van der Waals surface area contributed by atoms with E-state index in [0.29, 0.717) is 6.61 Å². The van der Waals surface area contributed by atoms with E-state index in [2.05, 4.69) is 16.3 Å². The zero-order valence-electron chi connectivity index (χ0n) is 16.0. The van der Waals surface area contributed by atoms with E-state index in [1.807, 2.05) is 39.0 Å². The number of aryl methyl sites for hydroxylation is 1. The van der Waals surface area contributed by atoms with Crippen molar-refractivity contribution in [3.8, 4) is 11.8 Å². The highest BCUT2D eigenvalue weighted by atomic mass is 16.5. The van der Waals surface area contributed by atoms with Gasteiger partial charge in [0.05, 0.1) is 12.6 Å². The Bertz CT molecular complexity index is 683. The van der Waals surface area contributed by atoms with Crippen LogP contribution in [0.25, 0.3) is 0 Å². The molecule has 5 nitrogen and oxygen atoms in total. The standard InChI is InChI=1S/C21H29N3O2/c1-4-26-20-10-9-16(2)13-19(20)17(3)23-21(25)18(14-22)15-24-11-7-5-6-8-12-24/h9-10,13,15,17H,4-8,11-12H2,1-3H3,(H,23,25)/b18-15-. The molecule has 0 bridgehead atoms. The molecule has 0 spiro atoms. The molecular weight excluding hydrogens is 326 g/mol. The molecule has 1 aliphatic heterocycles. The van der Waals surface area contributed by atoms with Crippen LogP contribution in [-0.2, 0) is 4.79 Å². The van der Waals surface area contributed by atoms with Crippen LogP contribution in [0, 0.1) is 18.3 Å². The first-order chi connectivity index (χ1) is 12.5. The lowest BCUT2D eigenvalue weighted by Gasteiger charge is -2.20. The average molecular weight is 355 g/mol. The Hall–Kier alpha value is -2.48. The molecule has 1 aliphatic rings. The fourth-order valence-electron chi connectivity index (χ4n) is 3.19. The molecule has 0 aliphatic carbocycles. The lowest BCUT2D eigenvalue weighted by Crippen LogP contribution is -2.29. The first kappa shape index (κ1) is 19.8. The van der Waals surface area contributed by atoms with Gasteiger partial charge in [0.2, 0.25) is 0 Å². The molecule has 1 atom stereocenters. The SMILES string of the molecule is CCOc1ccc(C)cc1C(C)NC(=O)/C(C#N)=C\N1CCCCCC1. The minimum Gasteiger partial charge on any atom is -0.494 e. The second kappa shape index (κ2) is 9.86. The fraction of sp³-hybridized carbons (Fsp3) is 0.524. The number of rotatable bonds is 6. The van der Waals surface area contributed by atoms with Crippen molar-refractivity contribution in [1.82, 2.24) is 10.2 Å². The van der Waals surface area contributed by atoms with E-state index < -0.39 is 0 Å². The van der Waals surface area contributed by atoms with Gasteiger partial charge in [-0.25, -0.2) is 0 Å². The van der Waals surface area contributed by atoms with E-state index in [0.717, 1.165) is 42.8 Å². The highest BCUT2D eigenvalue weighted by Crippen LogP contribution is 2.26. The third-order valence-electron chi connectivity index (χ3n) is 4.60. The molecule has 0 radical (unpaired) electrons. The number of likely N-dealkylation sites (tertiary alicyclic amines) is 1.